The first kappa shape index (κ1) is 29.2. The van der Waals surface area contributed by atoms with Crippen LogP contribution in [0, 0.1) is 0 Å². The van der Waals surface area contributed by atoms with Gasteiger partial charge in [-0.3, -0.25) is 4.57 Å². The molecule has 4 atom stereocenters. The number of hydrogen-bond donors (Lipinski definition) is 0. The average molecular weight is 585 g/mol. The second-order valence-electron chi connectivity index (χ2n) is 9.39. The Morgan fingerprint density at radius 2 is 1.26 bits per heavy atom. The van der Waals surface area contributed by atoms with Gasteiger partial charge in [0.1, 0.15) is 12.7 Å². The quantitative estimate of drug-likeness (QED) is 0.200. The molecule has 0 amide bonds. The van der Waals surface area contributed by atoms with Gasteiger partial charge in [0.25, 0.3) is 0 Å². The van der Waals surface area contributed by atoms with Gasteiger partial charge in [0, 0.05) is 12.3 Å². The molecular weight excluding hydrogens is 556 g/mol. The molecule has 1 aliphatic heterocycles. The van der Waals surface area contributed by atoms with Crippen molar-refractivity contribution in [2.24, 2.45) is 0 Å². The first-order valence-corrected chi connectivity index (χ1v) is 13.6. The van der Waals surface area contributed by atoms with Crippen molar-refractivity contribution in [2.45, 2.75) is 31.5 Å². The molecule has 0 saturated carbocycles. The topological polar surface area (TPSA) is 132 Å². The Labute approximate surface area is 246 Å². The zero-order chi connectivity index (χ0) is 30.2. The van der Waals surface area contributed by atoms with Crippen molar-refractivity contribution >= 4 is 17.9 Å². The molecule has 1 aliphatic rings. The van der Waals surface area contributed by atoms with Crippen molar-refractivity contribution in [3.8, 4) is 5.88 Å². The molecular formula is C32H28N2O9. The second kappa shape index (κ2) is 13.6. The van der Waals surface area contributed by atoms with E-state index in [0.29, 0.717) is 12.2 Å². The fourth-order valence-electron chi connectivity index (χ4n) is 4.50. The van der Waals surface area contributed by atoms with Gasteiger partial charge >= 0.3 is 23.6 Å². The predicted octanol–water partition coefficient (Wildman–Crippen LogP) is 3.85. The maximum Gasteiger partial charge on any atom is 0.353 e. The van der Waals surface area contributed by atoms with Gasteiger partial charge in [-0.25, -0.2) is 19.2 Å². The Balaban J connectivity index is 1.50. The van der Waals surface area contributed by atoms with Crippen LogP contribution in [-0.2, 0) is 18.9 Å². The molecule has 11 heteroatoms. The van der Waals surface area contributed by atoms with E-state index in [-0.39, 0.29) is 23.6 Å². The fourth-order valence-corrected chi connectivity index (χ4v) is 4.50. The molecule has 0 bridgehead atoms. The van der Waals surface area contributed by atoms with Crippen molar-refractivity contribution in [3.05, 3.63) is 130 Å². The SMILES string of the molecule is CCOc1ccn(C2OC(COC(=O)c3ccccc3)C(OC(=O)c3ccccc3)C2OC(=O)c2ccccc2)c(=O)n1. The number of hydrogen-bond acceptors (Lipinski definition) is 10. The summed E-state index contributed by atoms with van der Waals surface area (Å²) in [5.41, 5.74) is 0.00478. The van der Waals surface area contributed by atoms with E-state index in [2.05, 4.69) is 4.98 Å². The first-order valence-electron chi connectivity index (χ1n) is 13.6. The number of nitrogens with zero attached hydrogens (tertiary/aromatic N) is 2. The van der Waals surface area contributed by atoms with E-state index in [9.17, 15) is 19.2 Å². The molecule has 4 aromatic rings. The Kier molecular flexibility index (Phi) is 9.23. The second-order valence-corrected chi connectivity index (χ2v) is 9.39. The summed E-state index contributed by atoms with van der Waals surface area (Å²) in [6.07, 6.45) is -3.66. The Bertz CT molecular complexity index is 1610. The highest BCUT2D eigenvalue weighted by molar-refractivity contribution is 5.91. The monoisotopic (exact) mass is 584 g/mol. The number of aromatic nitrogens is 2. The van der Waals surface area contributed by atoms with Crippen LogP contribution in [0.5, 0.6) is 5.88 Å². The van der Waals surface area contributed by atoms with Gasteiger partial charge in [-0.2, -0.15) is 4.98 Å². The first-order chi connectivity index (χ1) is 20.9. The molecule has 3 aromatic carbocycles. The molecule has 1 saturated heterocycles. The Hall–Kier alpha value is -5.29. The lowest BCUT2D eigenvalue weighted by molar-refractivity contribution is -0.0640. The molecule has 0 N–H and O–H groups in total. The summed E-state index contributed by atoms with van der Waals surface area (Å²) in [5.74, 6) is -2.01. The number of esters is 3. The number of carbonyl (C=O) groups excluding carboxylic acids is 3. The third kappa shape index (κ3) is 6.96. The lowest BCUT2D eigenvalue weighted by Crippen LogP contribution is -2.42. The van der Waals surface area contributed by atoms with Crippen LogP contribution in [0.2, 0.25) is 0 Å². The third-order valence-corrected chi connectivity index (χ3v) is 6.55. The Morgan fingerprint density at radius 3 is 1.77 bits per heavy atom. The molecule has 2 heterocycles. The highest BCUT2D eigenvalue weighted by Gasteiger charge is 2.51. The van der Waals surface area contributed by atoms with Crippen molar-refractivity contribution in [1.29, 1.82) is 0 Å². The van der Waals surface area contributed by atoms with Crippen LogP contribution in [0.15, 0.2) is 108 Å². The van der Waals surface area contributed by atoms with Crippen LogP contribution in [0.25, 0.3) is 0 Å². The normalized spacial score (nSPS) is 19.3. The van der Waals surface area contributed by atoms with Crippen LogP contribution >= 0.6 is 0 Å². The minimum atomic E-state index is -1.33. The summed E-state index contributed by atoms with van der Waals surface area (Å²) in [4.78, 5) is 56.2. The lowest BCUT2D eigenvalue weighted by Gasteiger charge is -2.25. The maximum absolute atomic E-state index is 13.2. The van der Waals surface area contributed by atoms with Crippen LogP contribution in [0.3, 0.4) is 0 Å². The fraction of sp³-hybridized carbons (Fsp3) is 0.219. The third-order valence-electron chi connectivity index (χ3n) is 6.55. The predicted molar refractivity (Wildman–Crippen MR) is 152 cm³/mol. The van der Waals surface area contributed by atoms with E-state index in [4.69, 9.17) is 23.7 Å². The van der Waals surface area contributed by atoms with E-state index in [0.717, 1.165) is 4.57 Å². The van der Waals surface area contributed by atoms with Crippen LogP contribution < -0.4 is 10.4 Å². The zero-order valence-electron chi connectivity index (χ0n) is 23.1. The zero-order valence-corrected chi connectivity index (χ0v) is 23.1. The van der Waals surface area contributed by atoms with E-state index in [1.165, 1.54) is 12.3 Å². The molecule has 1 fully saturated rings. The number of carbonyl (C=O) groups is 3. The average Bonchev–Trinajstić information content (AvgIpc) is 3.37. The molecule has 5 rings (SSSR count). The van der Waals surface area contributed by atoms with Crippen molar-refractivity contribution in [1.82, 2.24) is 9.55 Å². The van der Waals surface area contributed by atoms with Gasteiger partial charge in [-0.15, -0.1) is 0 Å². The van der Waals surface area contributed by atoms with Crippen molar-refractivity contribution in [2.75, 3.05) is 13.2 Å². The lowest BCUT2D eigenvalue weighted by atomic mass is 10.1. The van der Waals surface area contributed by atoms with Crippen molar-refractivity contribution < 1.29 is 38.1 Å². The summed E-state index contributed by atoms with van der Waals surface area (Å²) >= 11 is 0. The van der Waals surface area contributed by atoms with Crippen LogP contribution in [-0.4, -0.2) is 59.0 Å². The summed E-state index contributed by atoms with van der Waals surface area (Å²) < 4.78 is 29.8. The van der Waals surface area contributed by atoms with Gasteiger partial charge in [-0.05, 0) is 43.3 Å². The van der Waals surface area contributed by atoms with Crippen LogP contribution in [0.4, 0.5) is 0 Å². The highest BCUT2D eigenvalue weighted by atomic mass is 16.7. The van der Waals surface area contributed by atoms with Gasteiger partial charge in [-0.1, -0.05) is 54.6 Å². The molecule has 4 unspecified atom stereocenters. The van der Waals surface area contributed by atoms with Crippen molar-refractivity contribution in [3.63, 3.8) is 0 Å². The van der Waals surface area contributed by atoms with E-state index in [1.54, 1.807) is 97.9 Å². The summed E-state index contributed by atoms with van der Waals surface area (Å²) in [6, 6.07) is 26.2. The highest BCUT2D eigenvalue weighted by Crippen LogP contribution is 2.35. The van der Waals surface area contributed by atoms with E-state index in [1.807, 2.05) is 0 Å². The number of benzene rings is 3. The maximum atomic E-state index is 13.2. The number of ether oxygens (including phenoxy) is 5. The summed E-state index contributed by atoms with van der Waals surface area (Å²) in [7, 11) is 0. The Morgan fingerprint density at radius 1 is 0.744 bits per heavy atom. The minimum Gasteiger partial charge on any atom is -0.478 e. The summed E-state index contributed by atoms with van der Waals surface area (Å²) in [5, 5.41) is 0. The van der Waals surface area contributed by atoms with E-state index < -0.39 is 48.1 Å². The molecule has 220 valence electrons. The van der Waals surface area contributed by atoms with Gasteiger partial charge in [0.05, 0.1) is 23.3 Å². The molecule has 0 radical (unpaired) electrons. The van der Waals surface area contributed by atoms with Gasteiger partial charge in [0.15, 0.2) is 18.4 Å². The molecule has 43 heavy (non-hydrogen) atoms. The van der Waals surface area contributed by atoms with Crippen LogP contribution in [0.1, 0.15) is 44.2 Å². The van der Waals surface area contributed by atoms with Gasteiger partial charge in [0.2, 0.25) is 5.88 Å². The largest absolute Gasteiger partial charge is 0.478 e. The smallest absolute Gasteiger partial charge is 0.353 e. The minimum absolute atomic E-state index is 0.0972. The molecule has 0 spiro atoms. The number of rotatable bonds is 10. The molecule has 1 aromatic heterocycles. The molecule has 11 nitrogen and oxygen atoms in total. The molecule has 0 aliphatic carbocycles. The summed E-state index contributed by atoms with van der Waals surface area (Å²) in [6.45, 7) is 1.66. The van der Waals surface area contributed by atoms with Gasteiger partial charge < -0.3 is 23.7 Å². The van der Waals surface area contributed by atoms with E-state index >= 15 is 0 Å². The standard InChI is InChI=1S/C32H28N2O9/c1-2-39-25-18-19-34(32(38)33-25)28-27(43-31(37)23-16-10-5-11-17-23)26(42-30(36)22-14-8-4-9-15-22)24(41-28)20-40-29(35)21-12-6-3-7-13-21/h3-19,24,26-28H,2,20H2,1H3.